The van der Waals surface area contributed by atoms with Crippen molar-refractivity contribution in [3.8, 4) is 0 Å². The Kier molecular flexibility index (Phi) is 4.07. The molecule has 0 bridgehead atoms. The standard InChI is InChI=1S/C11H16O2Si/c1-12-14(3,13-2)10-9-11-7-5-4-6-8-11/h4-10H,1-3H3/b10-9+. The highest BCUT2D eigenvalue weighted by atomic mass is 28.4. The molecule has 0 spiro atoms. The van der Waals surface area contributed by atoms with Crippen molar-refractivity contribution in [2.24, 2.45) is 0 Å². The van der Waals surface area contributed by atoms with Gasteiger partial charge in [0, 0.05) is 14.2 Å². The highest BCUT2D eigenvalue weighted by molar-refractivity contribution is 6.71. The van der Waals surface area contributed by atoms with Gasteiger partial charge < -0.3 is 8.85 Å². The molecule has 0 aliphatic heterocycles. The van der Waals surface area contributed by atoms with E-state index in [-0.39, 0.29) is 0 Å². The minimum Gasteiger partial charge on any atom is -0.395 e. The van der Waals surface area contributed by atoms with Crippen LogP contribution in [0.15, 0.2) is 36.0 Å². The SMILES string of the molecule is CO[Si](C)(/C=C/c1ccccc1)OC. The average molecular weight is 208 g/mol. The van der Waals surface area contributed by atoms with Crippen LogP contribution >= 0.6 is 0 Å². The normalized spacial score (nSPS) is 12.2. The van der Waals surface area contributed by atoms with E-state index in [2.05, 4.69) is 12.1 Å². The maximum absolute atomic E-state index is 5.34. The molecular formula is C11H16O2Si. The minimum atomic E-state index is -2.06. The van der Waals surface area contributed by atoms with E-state index in [4.69, 9.17) is 8.85 Å². The summed E-state index contributed by atoms with van der Waals surface area (Å²) in [4.78, 5) is 0. The first kappa shape index (κ1) is 11.2. The Morgan fingerprint density at radius 2 is 1.64 bits per heavy atom. The van der Waals surface area contributed by atoms with Crippen LogP contribution in [0.2, 0.25) is 6.55 Å². The van der Waals surface area contributed by atoms with Gasteiger partial charge in [0.2, 0.25) is 0 Å². The van der Waals surface area contributed by atoms with E-state index in [1.807, 2.05) is 36.5 Å². The Hall–Kier alpha value is -0.903. The summed E-state index contributed by atoms with van der Waals surface area (Å²) in [6.45, 7) is 2.01. The Bertz CT molecular complexity index is 291. The molecule has 0 saturated carbocycles. The van der Waals surface area contributed by atoms with Crippen LogP contribution in [0.4, 0.5) is 0 Å². The summed E-state index contributed by atoms with van der Waals surface area (Å²) in [6, 6.07) is 10.1. The molecule has 0 saturated heterocycles. The fraction of sp³-hybridized carbons (Fsp3) is 0.273. The largest absolute Gasteiger partial charge is 0.395 e. The van der Waals surface area contributed by atoms with Crippen molar-refractivity contribution in [3.63, 3.8) is 0 Å². The Labute approximate surface area is 86.4 Å². The molecule has 1 aromatic carbocycles. The van der Waals surface area contributed by atoms with E-state index in [0.717, 1.165) is 0 Å². The third kappa shape index (κ3) is 3.10. The van der Waals surface area contributed by atoms with Gasteiger partial charge in [-0.3, -0.25) is 0 Å². The van der Waals surface area contributed by atoms with Crippen molar-refractivity contribution in [3.05, 3.63) is 41.6 Å². The molecular weight excluding hydrogens is 192 g/mol. The summed E-state index contributed by atoms with van der Waals surface area (Å²) in [5.41, 5.74) is 3.20. The van der Waals surface area contributed by atoms with Gasteiger partial charge in [-0.05, 0) is 17.8 Å². The van der Waals surface area contributed by atoms with E-state index >= 15 is 0 Å². The van der Waals surface area contributed by atoms with Crippen LogP contribution in [-0.2, 0) is 8.85 Å². The maximum atomic E-state index is 5.34. The molecule has 0 aromatic heterocycles. The predicted molar refractivity (Wildman–Crippen MR) is 61.1 cm³/mol. The summed E-state index contributed by atoms with van der Waals surface area (Å²) < 4.78 is 10.7. The molecule has 1 aromatic rings. The van der Waals surface area contributed by atoms with Crippen LogP contribution in [0.25, 0.3) is 6.08 Å². The van der Waals surface area contributed by atoms with Crippen LogP contribution in [0.5, 0.6) is 0 Å². The minimum absolute atomic E-state index is 1.17. The lowest BCUT2D eigenvalue weighted by atomic mass is 10.2. The first-order valence-electron chi connectivity index (χ1n) is 4.55. The summed E-state index contributed by atoms with van der Waals surface area (Å²) in [5.74, 6) is 0. The zero-order valence-electron chi connectivity index (χ0n) is 8.86. The van der Waals surface area contributed by atoms with Crippen LogP contribution in [0, 0.1) is 0 Å². The molecule has 0 aliphatic rings. The number of rotatable bonds is 4. The Morgan fingerprint density at radius 3 is 2.14 bits per heavy atom. The first-order chi connectivity index (χ1) is 6.70. The second kappa shape index (κ2) is 5.10. The van der Waals surface area contributed by atoms with Gasteiger partial charge in [0.25, 0.3) is 0 Å². The van der Waals surface area contributed by atoms with Crippen molar-refractivity contribution in [2.45, 2.75) is 6.55 Å². The lowest BCUT2D eigenvalue weighted by Gasteiger charge is -2.17. The molecule has 0 heterocycles. The topological polar surface area (TPSA) is 18.5 Å². The van der Waals surface area contributed by atoms with Crippen LogP contribution < -0.4 is 0 Å². The molecule has 3 heteroatoms. The van der Waals surface area contributed by atoms with Crippen molar-refractivity contribution in [1.29, 1.82) is 0 Å². The maximum Gasteiger partial charge on any atom is 0.361 e. The third-order valence-corrected chi connectivity index (χ3v) is 4.58. The molecule has 0 fully saturated rings. The summed E-state index contributed by atoms with van der Waals surface area (Å²) in [6.07, 6.45) is 2.04. The summed E-state index contributed by atoms with van der Waals surface area (Å²) >= 11 is 0. The van der Waals surface area contributed by atoms with Gasteiger partial charge in [0.05, 0.1) is 0 Å². The van der Waals surface area contributed by atoms with Crippen LogP contribution in [0.3, 0.4) is 0 Å². The van der Waals surface area contributed by atoms with E-state index in [0.29, 0.717) is 0 Å². The second-order valence-electron chi connectivity index (χ2n) is 3.17. The smallest absolute Gasteiger partial charge is 0.361 e. The van der Waals surface area contributed by atoms with Gasteiger partial charge in [-0.15, -0.1) is 0 Å². The van der Waals surface area contributed by atoms with Crippen molar-refractivity contribution < 1.29 is 8.85 Å². The quantitative estimate of drug-likeness (QED) is 0.708. The Morgan fingerprint density at radius 1 is 1.07 bits per heavy atom. The summed E-state index contributed by atoms with van der Waals surface area (Å²) in [7, 11) is 1.31. The zero-order valence-corrected chi connectivity index (χ0v) is 9.86. The molecule has 0 atom stereocenters. The van der Waals surface area contributed by atoms with Crippen LogP contribution in [0.1, 0.15) is 5.56 Å². The molecule has 0 unspecified atom stereocenters. The Balaban J connectivity index is 2.72. The third-order valence-electron chi connectivity index (χ3n) is 2.19. The number of benzene rings is 1. The number of hydrogen-bond acceptors (Lipinski definition) is 2. The van der Waals surface area contributed by atoms with Gasteiger partial charge in [-0.25, -0.2) is 0 Å². The van der Waals surface area contributed by atoms with Crippen molar-refractivity contribution in [1.82, 2.24) is 0 Å². The van der Waals surface area contributed by atoms with Gasteiger partial charge >= 0.3 is 8.56 Å². The highest BCUT2D eigenvalue weighted by Gasteiger charge is 2.24. The van der Waals surface area contributed by atoms with Gasteiger partial charge in [0.15, 0.2) is 0 Å². The fourth-order valence-corrected chi connectivity index (χ4v) is 1.97. The van der Waals surface area contributed by atoms with E-state index in [1.165, 1.54) is 5.56 Å². The van der Waals surface area contributed by atoms with Gasteiger partial charge in [-0.2, -0.15) is 0 Å². The molecule has 0 amide bonds. The monoisotopic (exact) mass is 208 g/mol. The molecule has 1 rings (SSSR count). The van der Waals surface area contributed by atoms with Crippen LogP contribution in [-0.4, -0.2) is 22.8 Å². The van der Waals surface area contributed by atoms with E-state index in [1.54, 1.807) is 14.2 Å². The fourth-order valence-electron chi connectivity index (χ4n) is 1.03. The molecule has 14 heavy (non-hydrogen) atoms. The summed E-state index contributed by atoms with van der Waals surface area (Å²) in [5, 5.41) is 0. The average Bonchev–Trinajstić information content (AvgIpc) is 2.27. The molecule has 0 N–H and O–H groups in total. The van der Waals surface area contributed by atoms with E-state index < -0.39 is 8.56 Å². The molecule has 2 nitrogen and oxygen atoms in total. The lowest BCUT2D eigenvalue weighted by Crippen LogP contribution is -2.33. The van der Waals surface area contributed by atoms with Crippen molar-refractivity contribution in [2.75, 3.05) is 14.2 Å². The molecule has 0 radical (unpaired) electrons. The second-order valence-corrected chi connectivity index (χ2v) is 6.35. The van der Waals surface area contributed by atoms with Crippen molar-refractivity contribution >= 4 is 14.6 Å². The zero-order chi connectivity index (χ0) is 10.4. The first-order valence-corrected chi connectivity index (χ1v) is 6.94. The molecule has 76 valence electrons. The predicted octanol–water partition coefficient (Wildman–Crippen LogP) is 2.60. The van der Waals surface area contributed by atoms with Gasteiger partial charge in [-0.1, -0.05) is 36.4 Å². The number of hydrogen-bond donors (Lipinski definition) is 0. The van der Waals surface area contributed by atoms with E-state index in [9.17, 15) is 0 Å². The van der Waals surface area contributed by atoms with Gasteiger partial charge in [0.1, 0.15) is 0 Å². The lowest BCUT2D eigenvalue weighted by molar-refractivity contribution is 0.264. The highest BCUT2D eigenvalue weighted by Crippen LogP contribution is 2.09. The molecule has 0 aliphatic carbocycles.